The van der Waals surface area contributed by atoms with E-state index in [1.165, 1.54) is 7.11 Å². The van der Waals surface area contributed by atoms with Crippen LogP contribution in [0.25, 0.3) is 9.40 Å². The molecule has 0 spiro atoms. The molecule has 5 rings (SSSR count). The number of methoxy groups -OCH3 is 1. The summed E-state index contributed by atoms with van der Waals surface area (Å²) in [4.78, 5) is 26.4. The average molecular weight is 492 g/mol. The molecule has 7 nitrogen and oxygen atoms in total. The van der Waals surface area contributed by atoms with Gasteiger partial charge < -0.3 is 9.47 Å². The number of hydrogen-bond acceptors (Lipinski definition) is 7. The van der Waals surface area contributed by atoms with E-state index in [9.17, 15) is 9.59 Å². The van der Waals surface area contributed by atoms with E-state index >= 15 is 0 Å². The summed E-state index contributed by atoms with van der Waals surface area (Å²) in [5, 5.41) is 6.94. The monoisotopic (exact) mass is 491 g/mol. The topological polar surface area (TPSA) is 82.5 Å². The second kappa shape index (κ2) is 8.97. The van der Waals surface area contributed by atoms with Gasteiger partial charge in [0.05, 0.1) is 23.7 Å². The van der Waals surface area contributed by atoms with Crippen molar-refractivity contribution in [1.29, 1.82) is 0 Å². The number of hydrogen-bond donors (Lipinski definition) is 1. The molecule has 1 aromatic carbocycles. The Balaban J connectivity index is 1.29. The molecule has 172 valence electrons. The van der Waals surface area contributed by atoms with Crippen LogP contribution in [0.15, 0.2) is 48.7 Å². The van der Waals surface area contributed by atoms with Crippen LogP contribution in [0.4, 0.5) is 10.6 Å². The average Bonchev–Trinajstić information content (AvgIpc) is 3.26. The van der Waals surface area contributed by atoms with Crippen LogP contribution >= 0.6 is 22.7 Å². The van der Waals surface area contributed by atoms with Gasteiger partial charge in [-0.2, -0.15) is 5.10 Å². The lowest BCUT2D eigenvalue weighted by Crippen LogP contribution is -2.20. The van der Waals surface area contributed by atoms with Crippen molar-refractivity contribution in [3.8, 4) is 11.8 Å². The van der Waals surface area contributed by atoms with Crippen LogP contribution in [0, 0.1) is 11.8 Å². The second-order valence-corrected chi connectivity index (χ2v) is 10.2. The number of carbonyl (C=O) groups is 2. The number of rotatable bonds is 5. The number of amides is 1. The third-order valence-corrected chi connectivity index (χ3v) is 8.11. The van der Waals surface area contributed by atoms with Gasteiger partial charge in [-0.3, -0.25) is 14.8 Å². The number of esters is 1. The van der Waals surface area contributed by atoms with Crippen molar-refractivity contribution < 1.29 is 19.1 Å². The van der Waals surface area contributed by atoms with Crippen LogP contribution in [-0.4, -0.2) is 29.0 Å². The lowest BCUT2D eigenvalue weighted by atomic mass is 10.1. The van der Waals surface area contributed by atoms with E-state index in [4.69, 9.17) is 9.47 Å². The van der Waals surface area contributed by atoms with Gasteiger partial charge in [0.1, 0.15) is 17.8 Å². The quantitative estimate of drug-likeness (QED) is 0.312. The molecule has 1 aliphatic rings. The SMILES string of the molecule is COC(=O)C1(c2cc3sc(C#Cc4cnn(C)c4NC(=O)OCc4ccccc4)cc3s2)CC1. The molecule has 1 aliphatic carbocycles. The Morgan fingerprint density at radius 1 is 1.15 bits per heavy atom. The predicted molar refractivity (Wildman–Crippen MR) is 132 cm³/mol. The molecule has 0 unspecified atom stereocenters. The van der Waals surface area contributed by atoms with Crippen molar-refractivity contribution in [2.75, 3.05) is 12.4 Å². The van der Waals surface area contributed by atoms with Gasteiger partial charge in [-0.15, -0.1) is 22.7 Å². The molecule has 0 aliphatic heterocycles. The predicted octanol–water partition coefficient (Wildman–Crippen LogP) is 5.05. The van der Waals surface area contributed by atoms with Gasteiger partial charge >= 0.3 is 12.1 Å². The fourth-order valence-electron chi connectivity index (χ4n) is 3.67. The molecule has 0 bridgehead atoms. The Kier molecular flexibility index (Phi) is 5.86. The highest BCUT2D eigenvalue weighted by Gasteiger charge is 2.53. The van der Waals surface area contributed by atoms with Crippen molar-refractivity contribution in [1.82, 2.24) is 9.78 Å². The first-order chi connectivity index (χ1) is 16.5. The van der Waals surface area contributed by atoms with Crippen molar-refractivity contribution in [2.24, 2.45) is 7.05 Å². The first kappa shape index (κ1) is 22.2. The molecule has 1 saturated carbocycles. The van der Waals surface area contributed by atoms with Crippen molar-refractivity contribution >= 4 is 50.0 Å². The highest BCUT2D eigenvalue weighted by molar-refractivity contribution is 7.28. The van der Waals surface area contributed by atoms with Gasteiger partial charge in [0, 0.05) is 21.3 Å². The molecule has 4 aromatic rings. The van der Waals surface area contributed by atoms with Gasteiger partial charge in [-0.1, -0.05) is 42.2 Å². The third kappa shape index (κ3) is 4.30. The number of aryl methyl sites for hydroxylation is 1. The number of fused-ring (bicyclic) bond motifs is 1. The van der Waals surface area contributed by atoms with E-state index < -0.39 is 11.5 Å². The minimum Gasteiger partial charge on any atom is -0.468 e. The number of nitrogens with one attached hydrogen (secondary N) is 1. The zero-order chi connectivity index (χ0) is 23.7. The van der Waals surface area contributed by atoms with Gasteiger partial charge in [0.2, 0.25) is 0 Å². The number of benzene rings is 1. The summed E-state index contributed by atoms with van der Waals surface area (Å²) in [5.74, 6) is 6.59. The van der Waals surface area contributed by atoms with Crippen LogP contribution in [0.3, 0.4) is 0 Å². The Hall–Kier alpha value is -3.61. The molecule has 1 amide bonds. The highest BCUT2D eigenvalue weighted by Crippen LogP contribution is 2.53. The van der Waals surface area contributed by atoms with E-state index in [-0.39, 0.29) is 12.6 Å². The Bertz CT molecular complexity index is 1400. The van der Waals surface area contributed by atoms with Gasteiger partial charge in [0.15, 0.2) is 0 Å². The Labute approximate surface area is 204 Å². The van der Waals surface area contributed by atoms with E-state index in [1.54, 1.807) is 40.6 Å². The number of anilines is 1. The maximum atomic E-state index is 12.3. The minimum atomic E-state index is -0.570. The molecule has 0 saturated heterocycles. The Morgan fingerprint density at radius 2 is 1.91 bits per heavy atom. The maximum absolute atomic E-state index is 12.3. The standard InChI is InChI=1S/C25H21N3O4S2/c1-28-22(27-24(30)32-15-16-6-4-3-5-7-16)17(14-26-28)8-9-18-12-19-20(33-18)13-21(34-19)25(10-11-25)23(29)31-2/h3-7,12-14H,10-11,15H2,1-2H3,(H,27,30). The van der Waals surface area contributed by atoms with E-state index in [0.29, 0.717) is 11.4 Å². The number of carbonyl (C=O) groups excluding carboxylic acids is 2. The molecular weight excluding hydrogens is 470 g/mol. The summed E-state index contributed by atoms with van der Waals surface area (Å²) in [6, 6.07) is 13.6. The van der Waals surface area contributed by atoms with Gasteiger partial charge in [-0.05, 0) is 30.5 Å². The molecule has 0 atom stereocenters. The zero-order valence-electron chi connectivity index (χ0n) is 18.6. The van der Waals surface area contributed by atoms with E-state index in [2.05, 4.69) is 28.3 Å². The van der Waals surface area contributed by atoms with Crippen LogP contribution < -0.4 is 5.32 Å². The molecular formula is C25H21N3O4S2. The third-order valence-electron chi connectivity index (χ3n) is 5.70. The van der Waals surface area contributed by atoms with Gasteiger partial charge in [-0.25, -0.2) is 4.79 Å². The summed E-state index contributed by atoms with van der Waals surface area (Å²) in [6.07, 6.45) is 2.72. The maximum Gasteiger partial charge on any atom is 0.413 e. The summed E-state index contributed by atoms with van der Waals surface area (Å²) in [6.45, 7) is 0.177. The number of nitrogens with zero attached hydrogens (tertiary/aromatic N) is 2. The molecule has 34 heavy (non-hydrogen) atoms. The minimum absolute atomic E-state index is 0.152. The molecule has 1 fully saturated rings. The van der Waals surface area contributed by atoms with Crippen LogP contribution in [0.2, 0.25) is 0 Å². The summed E-state index contributed by atoms with van der Waals surface area (Å²) >= 11 is 3.20. The largest absolute Gasteiger partial charge is 0.468 e. The fraction of sp³-hybridized carbons (Fsp3) is 0.240. The van der Waals surface area contributed by atoms with Crippen LogP contribution in [-0.2, 0) is 33.3 Å². The lowest BCUT2D eigenvalue weighted by Gasteiger charge is -2.09. The van der Waals surface area contributed by atoms with Crippen molar-refractivity contribution in [2.45, 2.75) is 24.9 Å². The van der Waals surface area contributed by atoms with Crippen molar-refractivity contribution in [3.63, 3.8) is 0 Å². The van der Waals surface area contributed by atoms with E-state index in [0.717, 1.165) is 37.6 Å². The number of thiophene rings is 2. The normalized spacial score (nSPS) is 13.7. The summed E-state index contributed by atoms with van der Waals surface area (Å²) in [5.41, 5.74) is 1.05. The van der Waals surface area contributed by atoms with Gasteiger partial charge in [0.25, 0.3) is 0 Å². The molecule has 3 aromatic heterocycles. The fourth-order valence-corrected chi connectivity index (χ4v) is 6.15. The highest BCUT2D eigenvalue weighted by atomic mass is 32.1. The molecule has 3 heterocycles. The lowest BCUT2D eigenvalue weighted by molar-refractivity contribution is -0.143. The number of ether oxygens (including phenoxy) is 2. The first-order valence-corrected chi connectivity index (χ1v) is 12.3. The van der Waals surface area contributed by atoms with Crippen LogP contribution in [0.1, 0.15) is 33.7 Å². The summed E-state index contributed by atoms with van der Waals surface area (Å²) < 4.78 is 14.1. The second-order valence-electron chi connectivity index (χ2n) is 7.99. The number of aromatic nitrogens is 2. The summed E-state index contributed by atoms with van der Waals surface area (Å²) in [7, 11) is 3.17. The van der Waals surface area contributed by atoms with Crippen LogP contribution in [0.5, 0.6) is 0 Å². The first-order valence-electron chi connectivity index (χ1n) is 10.6. The smallest absolute Gasteiger partial charge is 0.413 e. The molecule has 0 radical (unpaired) electrons. The van der Waals surface area contributed by atoms with E-state index in [1.807, 2.05) is 36.4 Å². The Morgan fingerprint density at radius 3 is 2.62 bits per heavy atom. The zero-order valence-corrected chi connectivity index (χ0v) is 20.2. The molecule has 9 heteroatoms. The van der Waals surface area contributed by atoms with Crippen molar-refractivity contribution in [3.05, 3.63) is 69.5 Å². The molecule has 1 N–H and O–H groups in total.